The number of benzene rings is 1. The van der Waals surface area contributed by atoms with E-state index >= 15 is 0 Å². The molecule has 0 heterocycles. The third-order valence-corrected chi connectivity index (χ3v) is 4.13. The van der Waals surface area contributed by atoms with Crippen LogP contribution in [0.2, 0.25) is 0 Å². The van der Waals surface area contributed by atoms with E-state index in [-0.39, 0.29) is 10.8 Å². The standard InChI is InChI=1S/C12H21N3OS/c1-8(15-17(16)12(2,3)4)9-5-6-10(13)11(14)7-9/h5-8,15H,13-14H2,1-4H3/t8-,17+/m0/s1. The maximum atomic E-state index is 11.9. The minimum Gasteiger partial charge on any atom is -0.397 e. The zero-order chi connectivity index (χ0) is 13.2. The number of nitrogens with one attached hydrogen (secondary N) is 1. The summed E-state index contributed by atoms with van der Waals surface area (Å²) in [6, 6.07) is 5.44. The van der Waals surface area contributed by atoms with Crippen LogP contribution in [0.25, 0.3) is 0 Å². The number of hydrogen-bond donors (Lipinski definition) is 3. The van der Waals surface area contributed by atoms with Gasteiger partial charge >= 0.3 is 0 Å². The average molecular weight is 255 g/mol. The fraction of sp³-hybridized carbons (Fsp3) is 0.500. The lowest BCUT2D eigenvalue weighted by Gasteiger charge is -2.22. The van der Waals surface area contributed by atoms with Gasteiger partial charge in [0.1, 0.15) is 0 Å². The Labute approximate surface area is 105 Å². The summed E-state index contributed by atoms with van der Waals surface area (Å²) in [4.78, 5) is 0. The summed E-state index contributed by atoms with van der Waals surface area (Å²) in [5, 5.41) is 0. The van der Waals surface area contributed by atoms with E-state index in [2.05, 4.69) is 4.72 Å². The van der Waals surface area contributed by atoms with Gasteiger partial charge in [0.25, 0.3) is 0 Å². The molecule has 0 saturated heterocycles. The van der Waals surface area contributed by atoms with Crippen molar-refractivity contribution in [3.63, 3.8) is 0 Å². The second-order valence-electron chi connectivity index (χ2n) is 5.11. The summed E-state index contributed by atoms with van der Waals surface area (Å²) in [6.07, 6.45) is 0. The topological polar surface area (TPSA) is 81.1 Å². The second-order valence-corrected chi connectivity index (χ2v) is 7.11. The van der Waals surface area contributed by atoms with Gasteiger partial charge in [0.15, 0.2) is 0 Å². The molecule has 0 radical (unpaired) electrons. The van der Waals surface area contributed by atoms with Crippen molar-refractivity contribution in [3.05, 3.63) is 23.8 Å². The minimum atomic E-state index is -1.10. The summed E-state index contributed by atoms with van der Waals surface area (Å²) < 4.78 is 14.7. The number of nitrogens with two attached hydrogens (primary N) is 2. The van der Waals surface area contributed by atoms with Crippen LogP contribution in [-0.4, -0.2) is 8.96 Å². The summed E-state index contributed by atoms with van der Waals surface area (Å²) in [5.41, 5.74) is 13.5. The molecule has 1 aromatic rings. The summed E-state index contributed by atoms with van der Waals surface area (Å²) in [6.45, 7) is 7.75. The van der Waals surface area contributed by atoms with E-state index in [0.29, 0.717) is 11.4 Å². The molecule has 0 saturated carbocycles. The predicted molar refractivity (Wildman–Crippen MR) is 74.7 cm³/mol. The van der Waals surface area contributed by atoms with Gasteiger partial charge in [0.2, 0.25) is 0 Å². The molecule has 0 aliphatic heterocycles. The Kier molecular flexibility index (Phi) is 4.16. The smallest absolute Gasteiger partial charge is 0.0975 e. The summed E-state index contributed by atoms with van der Waals surface area (Å²) in [7, 11) is -1.10. The van der Waals surface area contributed by atoms with Crippen molar-refractivity contribution in [2.24, 2.45) is 0 Å². The van der Waals surface area contributed by atoms with Gasteiger partial charge in [-0.05, 0) is 45.4 Å². The Morgan fingerprint density at radius 1 is 1.24 bits per heavy atom. The molecule has 4 nitrogen and oxygen atoms in total. The van der Waals surface area contributed by atoms with E-state index in [1.165, 1.54) is 0 Å². The summed E-state index contributed by atoms with van der Waals surface area (Å²) in [5.74, 6) is 0. The molecule has 0 aliphatic carbocycles. The number of hydrogen-bond acceptors (Lipinski definition) is 3. The van der Waals surface area contributed by atoms with Gasteiger partial charge in [-0.25, -0.2) is 8.93 Å². The van der Waals surface area contributed by atoms with Crippen molar-refractivity contribution in [2.75, 3.05) is 11.5 Å². The third-order valence-electron chi connectivity index (χ3n) is 2.45. The maximum Gasteiger partial charge on any atom is 0.0975 e. The monoisotopic (exact) mass is 255 g/mol. The van der Waals surface area contributed by atoms with Crippen LogP contribution in [0.15, 0.2) is 18.2 Å². The SMILES string of the molecule is C[C@H](N[S@](=O)C(C)(C)C)c1ccc(N)c(N)c1. The molecule has 0 aliphatic rings. The van der Waals surface area contributed by atoms with Gasteiger partial charge < -0.3 is 11.5 Å². The highest BCUT2D eigenvalue weighted by Gasteiger charge is 2.21. The van der Waals surface area contributed by atoms with Crippen LogP contribution in [0, 0.1) is 0 Å². The van der Waals surface area contributed by atoms with Crippen molar-refractivity contribution >= 4 is 22.4 Å². The first-order valence-electron chi connectivity index (χ1n) is 5.54. The predicted octanol–water partition coefficient (Wildman–Crippen LogP) is 1.96. The van der Waals surface area contributed by atoms with Gasteiger partial charge in [-0.1, -0.05) is 6.07 Å². The molecule has 0 aromatic heterocycles. The lowest BCUT2D eigenvalue weighted by Crippen LogP contribution is -2.34. The highest BCUT2D eigenvalue weighted by atomic mass is 32.2. The molecule has 17 heavy (non-hydrogen) atoms. The minimum absolute atomic E-state index is 0.0297. The normalized spacial score (nSPS) is 15.5. The first-order chi connectivity index (χ1) is 7.71. The van der Waals surface area contributed by atoms with Crippen molar-refractivity contribution < 1.29 is 4.21 Å². The van der Waals surface area contributed by atoms with E-state index < -0.39 is 11.0 Å². The Morgan fingerprint density at radius 3 is 2.29 bits per heavy atom. The molecule has 0 fully saturated rings. The van der Waals surface area contributed by atoms with Gasteiger partial charge in [-0.3, -0.25) is 0 Å². The molecule has 0 spiro atoms. The lowest BCUT2D eigenvalue weighted by molar-refractivity contribution is 0.616. The Morgan fingerprint density at radius 2 is 1.82 bits per heavy atom. The lowest BCUT2D eigenvalue weighted by atomic mass is 10.1. The van der Waals surface area contributed by atoms with Crippen LogP contribution >= 0.6 is 0 Å². The molecule has 5 heteroatoms. The second kappa shape index (κ2) is 5.06. The van der Waals surface area contributed by atoms with Crippen LogP contribution in [0.1, 0.15) is 39.3 Å². The third kappa shape index (κ3) is 3.71. The number of anilines is 2. The molecule has 1 rings (SSSR count). The van der Waals surface area contributed by atoms with Crippen molar-refractivity contribution in [3.8, 4) is 0 Å². The fourth-order valence-electron chi connectivity index (χ4n) is 1.27. The first kappa shape index (κ1) is 14.0. The highest BCUT2D eigenvalue weighted by Crippen LogP contribution is 2.22. The van der Waals surface area contributed by atoms with E-state index in [1.807, 2.05) is 39.8 Å². The van der Waals surface area contributed by atoms with E-state index in [9.17, 15) is 4.21 Å². The Balaban J connectivity index is 2.80. The largest absolute Gasteiger partial charge is 0.397 e. The van der Waals surface area contributed by atoms with Crippen molar-refractivity contribution in [1.29, 1.82) is 0 Å². The van der Waals surface area contributed by atoms with Crippen molar-refractivity contribution in [1.82, 2.24) is 4.72 Å². The first-order valence-corrected chi connectivity index (χ1v) is 6.69. The van der Waals surface area contributed by atoms with Crippen LogP contribution in [0.5, 0.6) is 0 Å². The van der Waals surface area contributed by atoms with Gasteiger partial charge in [-0.2, -0.15) is 0 Å². The summed E-state index contributed by atoms with van der Waals surface area (Å²) >= 11 is 0. The molecule has 0 unspecified atom stereocenters. The highest BCUT2D eigenvalue weighted by molar-refractivity contribution is 7.84. The van der Waals surface area contributed by atoms with E-state index in [4.69, 9.17) is 11.5 Å². The van der Waals surface area contributed by atoms with Crippen molar-refractivity contribution in [2.45, 2.75) is 38.5 Å². The number of nitrogen functional groups attached to an aromatic ring is 2. The molecular formula is C12H21N3OS. The van der Waals surface area contributed by atoms with Gasteiger partial charge in [0.05, 0.1) is 27.1 Å². The molecule has 96 valence electrons. The Bertz CT molecular complexity index is 426. The van der Waals surface area contributed by atoms with Crippen LogP contribution in [-0.2, 0) is 11.0 Å². The molecule has 1 aromatic carbocycles. The van der Waals surface area contributed by atoms with E-state index in [0.717, 1.165) is 5.56 Å². The van der Waals surface area contributed by atoms with Crippen LogP contribution in [0.3, 0.4) is 0 Å². The van der Waals surface area contributed by atoms with E-state index in [1.54, 1.807) is 6.07 Å². The molecular weight excluding hydrogens is 234 g/mol. The van der Waals surface area contributed by atoms with Gasteiger partial charge in [-0.15, -0.1) is 0 Å². The van der Waals surface area contributed by atoms with Gasteiger partial charge in [0, 0.05) is 6.04 Å². The fourth-order valence-corrected chi connectivity index (χ4v) is 2.08. The average Bonchev–Trinajstić information content (AvgIpc) is 2.20. The molecule has 2 atom stereocenters. The zero-order valence-electron chi connectivity index (χ0n) is 10.8. The quantitative estimate of drug-likeness (QED) is 0.722. The Hall–Kier alpha value is -1.07. The zero-order valence-corrected chi connectivity index (χ0v) is 11.6. The van der Waals surface area contributed by atoms with Crippen LogP contribution in [0.4, 0.5) is 11.4 Å². The van der Waals surface area contributed by atoms with Crippen LogP contribution < -0.4 is 16.2 Å². The molecule has 0 bridgehead atoms. The molecule has 0 amide bonds. The maximum absolute atomic E-state index is 11.9. The molecule has 5 N–H and O–H groups in total. The number of rotatable bonds is 3.